The molecule has 222 valence electrons. The lowest BCUT2D eigenvalue weighted by Gasteiger charge is -2.14. The molecule has 46 heavy (non-hydrogen) atoms. The minimum Gasteiger partial charge on any atom is -0.289 e. The van der Waals surface area contributed by atoms with Gasteiger partial charge in [-0.25, -0.2) is 0 Å². The molecule has 0 fully saturated rings. The predicted molar refractivity (Wildman–Crippen MR) is 192 cm³/mol. The lowest BCUT2D eigenvalue weighted by molar-refractivity contribution is 0.103. The highest BCUT2D eigenvalue weighted by Crippen LogP contribution is 2.34. The van der Waals surface area contributed by atoms with E-state index in [0.717, 1.165) is 67.0 Å². The van der Waals surface area contributed by atoms with Crippen LogP contribution in [0.5, 0.6) is 0 Å². The van der Waals surface area contributed by atoms with Crippen molar-refractivity contribution < 1.29 is 4.79 Å². The number of allylic oxidation sites excluding steroid dienone is 4. The maximum Gasteiger partial charge on any atom is 0.193 e. The number of rotatable bonds is 9. The summed E-state index contributed by atoms with van der Waals surface area (Å²) in [4.78, 5) is 23.4. The fourth-order valence-electron chi connectivity index (χ4n) is 5.60. The van der Waals surface area contributed by atoms with E-state index in [4.69, 9.17) is 0 Å². The first-order valence-electron chi connectivity index (χ1n) is 15.3. The fourth-order valence-corrected chi connectivity index (χ4v) is 5.60. The molecule has 0 bridgehead atoms. The Morgan fingerprint density at radius 2 is 1.13 bits per heavy atom. The third-order valence-electron chi connectivity index (χ3n) is 8.24. The van der Waals surface area contributed by atoms with Crippen LogP contribution in [0.1, 0.15) is 40.9 Å². The molecule has 2 aromatic heterocycles. The maximum atomic E-state index is 14.3. The summed E-state index contributed by atoms with van der Waals surface area (Å²) < 4.78 is 0. The van der Waals surface area contributed by atoms with Crippen molar-refractivity contribution in [1.29, 1.82) is 0 Å². The van der Waals surface area contributed by atoms with Gasteiger partial charge < -0.3 is 0 Å². The van der Waals surface area contributed by atoms with Crippen molar-refractivity contribution in [3.63, 3.8) is 0 Å². The third kappa shape index (κ3) is 6.31. The van der Waals surface area contributed by atoms with Crippen LogP contribution in [0, 0.1) is 0 Å². The van der Waals surface area contributed by atoms with Gasteiger partial charge in [-0.2, -0.15) is 0 Å². The molecule has 0 unspecified atom stereocenters. The minimum atomic E-state index is -0.0502. The Bertz CT molecular complexity index is 2010. The Labute approximate surface area is 271 Å². The number of hydrogen-bond donors (Lipinski definition) is 0. The highest BCUT2D eigenvalue weighted by molar-refractivity contribution is 6.11. The molecule has 0 aliphatic carbocycles. The third-order valence-corrected chi connectivity index (χ3v) is 8.24. The van der Waals surface area contributed by atoms with E-state index in [9.17, 15) is 4.79 Å². The van der Waals surface area contributed by atoms with E-state index in [1.165, 1.54) is 0 Å². The SMILES string of the molecule is C=CC(=C)c1ccc(C(=O)c2cc(-c3cccc(-c4ccccn4)c3)cc(-c3cccc(-c4ccccn4)c3)c2)cc1C(C)=CC. The molecule has 0 aliphatic heterocycles. The summed E-state index contributed by atoms with van der Waals surface area (Å²) in [6.07, 6.45) is 7.39. The van der Waals surface area contributed by atoms with E-state index in [1.807, 2.05) is 98.8 Å². The molecule has 0 radical (unpaired) electrons. The number of benzene rings is 4. The standard InChI is InChI=1S/C43H34N2O/c1-5-29(3)39-20-19-35(28-40(39)30(4)6-2)43(46)38-26-36(31-13-11-15-33(23-31)41-17-7-9-21-44-41)25-37(27-38)32-14-12-16-34(24-32)42-18-8-10-22-45-42/h5-28H,1,3H2,2,4H3. The van der Waals surface area contributed by atoms with Gasteiger partial charge in [0.25, 0.3) is 0 Å². The van der Waals surface area contributed by atoms with Gasteiger partial charge in [0.15, 0.2) is 5.78 Å². The van der Waals surface area contributed by atoms with E-state index in [-0.39, 0.29) is 5.78 Å². The molecule has 0 aliphatic rings. The zero-order valence-corrected chi connectivity index (χ0v) is 26.1. The summed E-state index contributed by atoms with van der Waals surface area (Å²) in [6.45, 7) is 12.1. The van der Waals surface area contributed by atoms with Crippen LogP contribution in [-0.2, 0) is 0 Å². The van der Waals surface area contributed by atoms with Gasteiger partial charge in [0.2, 0.25) is 0 Å². The van der Waals surface area contributed by atoms with Crippen molar-refractivity contribution in [1.82, 2.24) is 9.97 Å². The largest absolute Gasteiger partial charge is 0.289 e. The number of ketones is 1. The molecule has 0 amide bonds. The van der Waals surface area contributed by atoms with Gasteiger partial charge >= 0.3 is 0 Å². The lowest BCUT2D eigenvalue weighted by Crippen LogP contribution is -2.04. The lowest BCUT2D eigenvalue weighted by atomic mass is 9.89. The second-order valence-corrected chi connectivity index (χ2v) is 11.2. The molecule has 3 nitrogen and oxygen atoms in total. The zero-order valence-electron chi connectivity index (χ0n) is 26.1. The summed E-state index contributed by atoms with van der Waals surface area (Å²) in [5.74, 6) is -0.0502. The second kappa shape index (κ2) is 13.4. The van der Waals surface area contributed by atoms with Crippen LogP contribution in [-0.4, -0.2) is 15.8 Å². The molecule has 2 heterocycles. The van der Waals surface area contributed by atoms with Gasteiger partial charge in [0.1, 0.15) is 0 Å². The van der Waals surface area contributed by atoms with E-state index >= 15 is 0 Å². The van der Waals surface area contributed by atoms with E-state index in [0.29, 0.717) is 11.1 Å². The van der Waals surface area contributed by atoms with Crippen LogP contribution >= 0.6 is 0 Å². The zero-order chi connectivity index (χ0) is 32.0. The van der Waals surface area contributed by atoms with Gasteiger partial charge in [0, 0.05) is 34.6 Å². The Balaban J connectivity index is 1.51. The first-order chi connectivity index (χ1) is 22.4. The van der Waals surface area contributed by atoms with Gasteiger partial charge in [-0.3, -0.25) is 14.8 Å². The Morgan fingerprint density at radius 3 is 1.63 bits per heavy atom. The average molecular weight is 595 g/mol. The molecule has 0 saturated heterocycles. The van der Waals surface area contributed by atoms with Gasteiger partial charge in [-0.05, 0) is 119 Å². The van der Waals surface area contributed by atoms with Crippen LogP contribution in [0.25, 0.3) is 55.9 Å². The number of pyridine rings is 2. The van der Waals surface area contributed by atoms with Crippen LogP contribution in [0.3, 0.4) is 0 Å². The highest BCUT2D eigenvalue weighted by atomic mass is 16.1. The van der Waals surface area contributed by atoms with Crippen molar-refractivity contribution in [2.24, 2.45) is 0 Å². The number of carbonyl (C=O) groups excluding carboxylic acids is 1. The second-order valence-electron chi connectivity index (χ2n) is 11.2. The summed E-state index contributed by atoms with van der Waals surface area (Å²) >= 11 is 0. The average Bonchev–Trinajstić information content (AvgIpc) is 3.14. The highest BCUT2D eigenvalue weighted by Gasteiger charge is 2.17. The van der Waals surface area contributed by atoms with Crippen molar-refractivity contribution >= 4 is 16.9 Å². The molecule has 3 heteroatoms. The molecule has 0 saturated carbocycles. The molecular weight excluding hydrogens is 560 g/mol. The van der Waals surface area contributed by atoms with Crippen LogP contribution in [0.4, 0.5) is 0 Å². The molecule has 6 aromatic rings. The molecule has 6 rings (SSSR count). The van der Waals surface area contributed by atoms with Gasteiger partial charge in [-0.15, -0.1) is 0 Å². The first-order valence-corrected chi connectivity index (χ1v) is 15.3. The topological polar surface area (TPSA) is 42.9 Å². The molecule has 0 N–H and O–H groups in total. The van der Waals surface area contributed by atoms with E-state index in [2.05, 4.69) is 65.6 Å². The quantitative estimate of drug-likeness (QED) is 0.124. The summed E-state index contributed by atoms with van der Waals surface area (Å²) in [6, 6.07) is 40.4. The van der Waals surface area contributed by atoms with Crippen LogP contribution in [0.15, 0.2) is 159 Å². The molecule has 0 spiro atoms. The Hall–Kier alpha value is -5.93. The summed E-state index contributed by atoms with van der Waals surface area (Å²) in [5, 5.41) is 0. The summed E-state index contributed by atoms with van der Waals surface area (Å²) in [5.41, 5.74) is 12.8. The normalized spacial score (nSPS) is 11.2. The van der Waals surface area contributed by atoms with Gasteiger partial charge in [0.05, 0.1) is 11.4 Å². The monoisotopic (exact) mass is 594 g/mol. The molecule has 0 atom stereocenters. The molecular formula is C43H34N2O. The van der Waals surface area contributed by atoms with E-state index in [1.54, 1.807) is 18.5 Å². The van der Waals surface area contributed by atoms with Crippen molar-refractivity contribution in [3.05, 3.63) is 181 Å². The maximum absolute atomic E-state index is 14.3. The van der Waals surface area contributed by atoms with Gasteiger partial charge in [-0.1, -0.05) is 86.0 Å². The fraction of sp³-hybridized carbons (Fsp3) is 0.0465. The number of nitrogens with zero attached hydrogens (tertiary/aromatic N) is 2. The van der Waals surface area contributed by atoms with Crippen LogP contribution < -0.4 is 0 Å². The van der Waals surface area contributed by atoms with Crippen molar-refractivity contribution in [2.75, 3.05) is 0 Å². The minimum absolute atomic E-state index is 0.0502. The Morgan fingerprint density at radius 1 is 0.587 bits per heavy atom. The number of hydrogen-bond acceptors (Lipinski definition) is 3. The van der Waals surface area contributed by atoms with Crippen LogP contribution in [0.2, 0.25) is 0 Å². The molecule has 4 aromatic carbocycles. The smallest absolute Gasteiger partial charge is 0.193 e. The predicted octanol–water partition coefficient (Wildman–Crippen LogP) is 11.0. The first kappa shape index (κ1) is 30.1. The number of carbonyl (C=O) groups is 1. The Kier molecular flexibility index (Phi) is 8.75. The van der Waals surface area contributed by atoms with Crippen molar-refractivity contribution in [3.8, 4) is 44.8 Å². The number of aromatic nitrogens is 2. The van der Waals surface area contributed by atoms with Crippen molar-refractivity contribution in [2.45, 2.75) is 13.8 Å². The van der Waals surface area contributed by atoms with E-state index < -0.39 is 0 Å². The summed E-state index contributed by atoms with van der Waals surface area (Å²) in [7, 11) is 0.